The number of phenolic OH excluding ortho intramolecular Hbond substituents is 1. The zero-order chi connectivity index (χ0) is 23.9. The molecule has 0 spiro atoms. The highest BCUT2D eigenvalue weighted by atomic mass is 79.9. The van der Waals surface area contributed by atoms with Crippen molar-refractivity contribution in [1.29, 1.82) is 0 Å². The number of fused-ring (bicyclic) bond motifs is 1. The smallest absolute Gasteiger partial charge is 0.250 e. The van der Waals surface area contributed by atoms with E-state index in [9.17, 15) is 9.90 Å². The molecule has 1 aromatic heterocycles. The van der Waals surface area contributed by atoms with Crippen molar-refractivity contribution < 1.29 is 14.6 Å². The lowest BCUT2D eigenvalue weighted by atomic mass is 10.1. The van der Waals surface area contributed by atoms with Crippen molar-refractivity contribution in [3.63, 3.8) is 0 Å². The van der Waals surface area contributed by atoms with E-state index < -0.39 is 0 Å². The van der Waals surface area contributed by atoms with Gasteiger partial charge in [-0.05, 0) is 50.0 Å². The minimum Gasteiger partial charge on any atom is -0.503 e. The van der Waals surface area contributed by atoms with Crippen molar-refractivity contribution >= 4 is 73.7 Å². The van der Waals surface area contributed by atoms with Crippen molar-refractivity contribution in [3.8, 4) is 11.5 Å². The minimum absolute atomic E-state index is 0.00629. The summed E-state index contributed by atoms with van der Waals surface area (Å²) in [5.74, 6) is 1.03. The van der Waals surface area contributed by atoms with Crippen molar-refractivity contribution in [3.05, 3.63) is 70.2 Å². The van der Waals surface area contributed by atoms with Gasteiger partial charge in [-0.2, -0.15) is 5.10 Å². The van der Waals surface area contributed by atoms with E-state index in [4.69, 9.17) is 4.74 Å². The molecule has 1 heterocycles. The number of methoxy groups -OCH3 is 1. The van der Waals surface area contributed by atoms with Crippen LogP contribution in [0.4, 0.5) is 0 Å². The van der Waals surface area contributed by atoms with Gasteiger partial charge in [0.2, 0.25) is 0 Å². The van der Waals surface area contributed by atoms with Crippen LogP contribution in [0.25, 0.3) is 10.8 Å². The Morgan fingerprint density at radius 3 is 2.76 bits per heavy atom. The van der Waals surface area contributed by atoms with E-state index >= 15 is 0 Å². The molecule has 1 amide bonds. The predicted molar refractivity (Wildman–Crippen MR) is 142 cm³/mol. The first-order valence-corrected chi connectivity index (χ1v) is 13.6. The molecule has 0 saturated carbocycles. The van der Waals surface area contributed by atoms with Gasteiger partial charge in [0, 0.05) is 5.75 Å². The fraction of sp³-hybridized carbons (Fsp3) is 0.130. The second-order valence-corrected chi connectivity index (χ2v) is 11.2. The monoisotopic (exact) mass is 574 g/mol. The van der Waals surface area contributed by atoms with Gasteiger partial charge in [-0.3, -0.25) is 4.79 Å². The molecule has 2 N–H and O–H groups in total. The molecule has 0 aliphatic carbocycles. The average Bonchev–Trinajstić information content (AvgIpc) is 3.31. The topological polar surface area (TPSA) is 96.7 Å². The van der Waals surface area contributed by atoms with Crippen LogP contribution >= 0.6 is 50.8 Å². The van der Waals surface area contributed by atoms with Gasteiger partial charge in [-0.1, -0.05) is 77.3 Å². The molecular formula is C23H19BrN4O3S3. The molecular weight excluding hydrogens is 556 g/mol. The lowest BCUT2D eigenvalue weighted by Gasteiger charge is -2.06. The number of aromatic nitrogens is 2. The van der Waals surface area contributed by atoms with Crippen LogP contribution in [0.15, 0.2) is 72.9 Å². The van der Waals surface area contributed by atoms with Crippen LogP contribution in [-0.4, -0.2) is 40.3 Å². The van der Waals surface area contributed by atoms with Crippen LogP contribution in [0.2, 0.25) is 0 Å². The van der Waals surface area contributed by atoms with E-state index in [1.165, 1.54) is 52.8 Å². The number of ether oxygens (including phenoxy) is 1. The van der Waals surface area contributed by atoms with E-state index in [2.05, 4.69) is 67.0 Å². The Balaban J connectivity index is 1.26. The predicted octanol–water partition coefficient (Wildman–Crippen LogP) is 5.70. The highest BCUT2D eigenvalue weighted by Crippen LogP contribution is 2.35. The Labute approximate surface area is 217 Å². The number of nitrogens with one attached hydrogen (secondary N) is 1. The number of rotatable bonds is 9. The van der Waals surface area contributed by atoms with E-state index in [1.807, 2.05) is 12.1 Å². The van der Waals surface area contributed by atoms with Crippen molar-refractivity contribution in [1.82, 2.24) is 15.6 Å². The van der Waals surface area contributed by atoms with E-state index in [0.29, 0.717) is 15.8 Å². The fourth-order valence-electron chi connectivity index (χ4n) is 3.03. The molecule has 0 radical (unpaired) electrons. The molecule has 0 aliphatic heterocycles. The maximum absolute atomic E-state index is 12.1. The zero-order valence-corrected chi connectivity index (χ0v) is 21.9. The van der Waals surface area contributed by atoms with Crippen LogP contribution < -0.4 is 10.2 Å². The third-order valence-corrected chi connectivity index (χ3v) is 8.46. The highest BCUT2D eigenvalue weighted by Gasteiger charge is 2.10. The number of halogens is 1. The Morgan fingerprint density at radius 2 is 1.94 bits per heavy atom. The molecule has 0 saturated heterocycles. The zero-order valence-electron chi connectivity index (χ0n) is 17.9. The van der Waals surface area contributed by atoms with Gasteiger partial charge < -0.3 is 9.84 Å². The summed E-state index contributed by atoms with van der Waals surface area (Å²) in [6.45, 7) is 0. The van der Waals surface area contributed by atoms with E-state index in [1.54, 1.807) is 23.9 Å². The molecule has 174 valence electrons. The number of hydrazone groups is 1. The summed E-state index contributed by atoms with van der Waals surface area (Å²) < 4.78 is 7.16. The number of hydrogen-bond acceptors (Lipinski definition) is 9. The normalized spacial score (nSPS) is 11.2. The molecule has 11 heteroatoms. The highest BCUT2D eigenvalue weighted by molar-refractivity contribution is 9.10. The van der Waals surface area contributed by atoms with Crippen molar-refractivity contribution in [2.24, 2.45) is 5.10 Å². The van der Waals surface area contributed by atoms with Crippen LogP contribution in [0, 0.1) is 0 Å². The first kappa shape index (κ1) is 24.5. The second kappa shape index (κ2) is 11.7. The van der Waals surface area contributed by atoms with E-state index in [0.717, 1.165) is 14.4 Å². The van der Waals surface area contributed by atoms with Crippen molar-refractivity contribution in [2.45, 2.75) is 14.4 Å². The van der Waals surface area contributed by atoms with Gasteiger partial charge in [-0.25, -0.2) is 5.43 Å². The molecule has 0 unspecified atom stereocenters. The van der Waals surface area contributed by atoms with Gasteiger partial charge in [0.25, 0.3) is 5.91 Å². The Hall–Kier alpha value is -2.60. The number of nitrogens with zero attached hydrogens (tertiary/aromatic N) is 3. The SMILES string of the molecule is COc1cc(/C=N\NC(=O)CSc2nnc(SCc3cccc4ccccc34)s2)cc(Br)c1O. The molecule has 4 rings (SSSR count). The standard InChI is InChI=1S/C23H19BrN4O3S3/c1-31-19-10-14(9-18(24)21(19)30)11-25-26-20(29)13-33-23-28-27-22(34-23)32-12-16-7-4-6-15-5-2-3-8-17(15)16/h2-11,30H,12-13H2,1H3,(H,26,29)/b25-11-. The summed E-state index contributed by atoms with van der Waals surface area (Å²) >= 11 is 7.67. The molecule has 0 atom stereocenters. The summed E-state index contributed by atoms with van der Waals surface area (Å²) in [6.07, 6.45) is 1.47. The number of hydrogen-bond donors (Lipinski definition) is 2. The Bertz CT molecular complexity index is 1340. The third kappa shape index (κ3) is 6.29. The summed E-state index contributed by atoms with van der Waals surface area (Å²) in [4.78, 5) is 12.1. The molecule has 4 aromatic rings. The molecule has 0 bridgehead atoms. The molecule has 0 fully saturated rings. The first-order chi connectivity index (χ1) is 16.5. The Morgan fingerprint density at radius 1 is 1.18 bits per heavy atom. The molecule has 7 nitrogen and oxygen atoms in total. The molecule has 0 aliphatic rings. The Kier molecular flexibility index (Phi) is 8.44. The summed E-state index contributed by atoms with van der Waals surface area (Å²) in [7, 11) is 1.46. The number of carbonyl (C=O) groups is 1. The largest absolute Gasteiger partial charge is 0.503 e. The second-order valence-electron chi connectivity index (χ2n) is 6.90. The van der Waals surface area contributed by atoms with Gasteiger partial charge in [0.05, 0.1) is 23.5 Å². The minimum atomic E-state index is -0.258. The van der Waals surface area contributed by atoms with Gasteiger partial charge >= 0.3 is 0 Å². The number of amides is 1. The average molecular weight is 576 g/mol. The van der Waals surface area contributed by atoms with Crippen LogP contribution in [-0.2, 0) is 10.5 Å². The van der Waals surface area contributed by atoms with Crippen LogP contribution in [0.3, 0.4) is 0 Å². The van der Waals surface area contributed by atoms with Gasteiger partial charge in [0.1, 0.15) is 0 Å². The maximum Gasteiger partial charge on any atom is 0.250 e. The number of benzene rings is 3. The quantitative estimate of drug-likeness (QED) is 0.150. The molecule has 34 heavy (non-hydrogen) atoms. The van der Waals surface area contributed by atoms with Gasteiger partial charge in [-0.15, -0.1) is 10.2 Å². The summed E-state index contributed by atoms with van der Waals surface area (Å²) in [5.41, 5.74) is 4.40. The summed E-state index contributed by atoms with van der Waals surface area (Å²) in [6, 6.07) is 17.9. The van der Waals surface area contributed by atoms with Gasteiger partial charge in [0.15, 0.2) is 20.2 Å². The van der Waals surface area contributed by atoms with Crippen LogP contribution in [0.5, 0.6) is 11.5 Å². The number of carbonyl (C=O) groups excluding carboxylic acids is 1. The first-order valence-electron chi connectivity index (χ1n) is 9.97. The third-order valence-electron chi connectivity index (χ3n) is 4.62. The summed E-state index contributed by atoms with van der Waals surface area (Å²) in [5, 5.41) is 24.7. The number of aromatic hydroxyl groups is 1. The van der Waals surface area contributed by atoms with Crippen molar-refractivity contribution in [2.75, 3.05) is 12.9 Å². The lowest BCUT2D eigenvalue weighted by molar-refractivity contribution is -0.118. The van der Waals surface area contributed by atoms with E-state index in [-0.39, 0.29) is 17.4 Å². The maximum atomic E-state index is 12.1. The molecule has 3 aromatic carbocycles. The number of phenols is 1. The number of thioether (sulfide) groups is 2. The fourth-order valence-corrected chi connectivity index (χ4v) is 6.31. The lowest BCUT2D eigenvalue weighted by Crippen LogP contribution is -2.19. The van der Waals surface area contributed by atoms with Crippen LogP contribution in [0.1, 0.15) is 11.1 Å².